The van der Waals surface area contributed by atoms with E-state index in [4.69, 9.17) is 23.8 Å². The molecule has 2 aromatic rings. The molecular formula is C16H12ClN3OS. The van der Waals surface area contributed by atoms with Crippen LogP contribution in [0.3, 0.4) is 0 Å². The van der Waals surface area contributed by atoms with Gasteiger partial charge in [-0.3, -0.25) is 4.79 Å². The quantitative estimate of drug-likeness (QED) is 0.855. The number of nitrogens with one attached hydrogen (secondary N) is 1. The minimum Gasteiger partial charge on any atom is -0.330 e. The Kier molecular flexibility index (Phi) is 4.18. The number of nitrogens with zero attached hydrogens (tertiary/aromatic N) is 2. The van der Waals surface area contributed by atoms with Crippen LogP contribution in [0.25, 0.3) is 0 Å². The lowest BCUT2D eigenvalue weighted by molar-refractivity contribution is -0.124. The van der Waals surface area contributed by atoms with Crippen molar-refractivity contribution in [3.05, 3.63) is 65.2 Å². The van der Waals surface area contributed by atoms with Crippen LogP contribution in [-0.2, 0) is 4.79 Å². The maximum absolute atomic E-state index is 12.1. The van der Waals surface area contributed by atoms with Crippen molar-refractivity contribution in [1.82, 2.24) is 5.01 Å². The Balaban J connectivity index is 1.80. The molecule has 0 radical (unpaired) electrons. The van der Waals surface area contributed by atoms with Crippen LogP contribution in [0.4, 0.5) is 5.69 Å². The molecule has 0 fully saturated rings. The zero-order chi connectivity index (χ0) is 15.5. The Hall–Kier alpha value is -2.24. The van der Waals surface area contributed by atoms with E-state index in [9.17, 15) is 4.79 Å². The number of halogens is 1. The largest absolute Gasteiger partial charge is 0.330 e. The summed E-state index contributed by atoms with van der Waals surface area (Å²) in [6.07, 6.45) is 0.231. The molecule has 1 heterocycles. The molecule has 1 aliphatic rings. The van der Waals surface area contributed by atoms with Gasteiger partial charge in [-0.25, -0.2) is 0 Å². The lowest BCUT2D eigenvalue weighted by atomic mass is 10.1. The molecular weight excluding hydrogens is 318 g/mol. The predicted octanol–water partition coefficient (Wildman–Crippen LogP) is 3.67. The number of carbonyl (C=O) groups excluding carboxylic acids is 1. The van der Waals surface area contributed by atoms with Crippen LogP contribution in [0.5, 0.6) is 0 Å². The van der Waals surface area contributed by atoms with Crippen molar-refractivity contribution in [3.63, 3.8) is 0 Å². The molecule has 0 bridgehead atoms. The molecule has 110 valence electrons. The second-order valence-electron chi connectivity index (χ2n) is 4.71. The molecule has 0 saturated carbocycles. The van der Waals surface area contributed by atoms with Crippen molar-refractivity contribution < 1.29 is 4.79 Å². The van der Waals surface area contributed by atoms with Gasteiger partial charge in [-0.1, -0.05) is 54.1 Å². The Labute approximate surface area is 138 Å². The smallest absolute Gasteiger partial charge is 0.255 e. The van der Waals surface area contributed by atoms with Gasteiger partial charge in [0.05, 0.1) is 22.8 Å². The first-order valence-electron chi connectivity index (χ1n) is 6.66. The van der Waals surface area contributed by atoms with Crippen LogP contribution < -0.4 is 5.32 Å². The van der Waals surface area contributed by atoms with Gasteiger partial charge < -0.3 is 5.32 Å². The summed E-state index contributed by atoms with van der Waals surface area (Å²) in [5.41, 5.74) is 2.26. The van der Waals surface area contributed by atoms with Gasteiger partial charge in [-0.2, -0.15) is 10.1 Å². The highest BCUT2D eigenvalue weighted by molar-refractivity contribution is 7.80. The maximum atomic E-state index is 12.1. The number of rotatable bonds is 2. The van der Waals surface area contributed by atoms with E-state index in [1.54, 1.807) is 12.1 Å². The van der Waals surface area contributed by atoms with Gasteiger partial charge in [-0.05, 0) is 29.9 Å². The van der Waals surface area contributed by atoms with Crippen molar-refractivity contribution in [3.8, 4) is 0 Å². The molecule has 22 heavy (non-hydrogen) atoms. The molecule has 3 rings (SSSR count). The zero-order valence-corrected chi connectivity index (χ0v) is 13.1. The van der Waals surface area contributed by atoms with Crippen molar-refractivity contribution in [1.29, 1.82) is 0 Å². The van der Waals surface area contributed by atoms with Crippen molar-refractivity contribution >= 4 is 46.2 Å². The number of anilines is 1. The van der Waals surface area contributed by atoms with Gasteiger partial charge >= 0.3 is 0 Å². The van der Waals surface area contributed by atoms with Crippen LogP contribution in [0.2, 0.25) is 5.02 Å². The molecule has 0 aliphatic carbocycles. The molecule has 1 amide bonds. The third kappa shape index (κ3) is 3.00. The number of hydrazone groups is 1. The van der Waals surface area contributed by atoms with Crippen molar-refractivity contribution in [2.45, 2.75) is 6.42 Å². The van der Waals surface area contributed by atoms with Gasteiger partial charge in [0.25, 0.3) is 5.91 Å². The maximum Gasteiger partial charge on any atom is 0.255 e. The molecule has 2 aromatic carbocycles. The van der Waals surface area contributed by atoms with E-state index in [2.05, 4.69) is 10.4 Å². The van der Waals surface area contributed by atoms with E-state index in [-0.39, 0.29) is 17.4 Å². The Morgan fingerprint density at radius 1 is 1.14 bits per heavy atom. The summed E-state index contributed by atoms with van der Waals surface area (Å²) < 4.78 is 0. The second kappa shape index (κ2) is 6.25. The van der Waals surface area contributed by atoms with Gasteiger partial charge in [0.1, 0.15) is 0 Å². The number of hydrogen-bond donors (Lipinski definition) is 1. The van der Waals surface area contributed by atoms with Crippen LogP contribution in [0.15, 0.2) is 59.7 Å². The number of benzene rings is 2. The van der Waals surface area contributed by atoms with E-state index < -0.39 is 0 Å². The van der Waals surface area contributed by atoms with E-state index in [0.29, 0.717) is 16.4 Å². The molecule has 4 nitrogen and oxygen atoms in total. The summed E-state index contributed by atoms with van der Waals surface area (Å²) >= 11 is 11.3. The summed E-state index contributed by atoms with van der Waals surface area (Å²) in [7, 11) is 0. The second-order valence-corrected chi connectivity index (χ2v) is 5.50. The monoisotopic (exact) mass is 329 g/mol. The fraction of sp³-hybridized carbons (Fsp3) is 0.0625. The van der Waals surface area contributed by atoms with Crippen LogP contribution >= 0.6 is 23.8 Å². The van der Waals surface area contributed by atoms with Crippen LogP contribution in [0.1, 0.15) is 12.0 Å². The number of carbonyl (C=O) groups is 1. The van der Waals surface area contributed by atoms with E-state index in [0.717, 1.165) is 5.56 Å². The Bertz CT molecular complexity index is 761. The van der Waals surface area contributed by atoms with E-state index in [1.807, 2.05) is 42.5 Å². The SMILES string of the molecule is O=C1CC(c2ccccc2)=NN1C(=S)Nc1ccccc1Cl. The highest BCUT2D eigenvalue weighted by Gasteiger charge is 2.28. The van der Waals surface area contributed by atoms with Crippen molar-refractivity contribution in [2.24, 2.45) is 5.10 Å². The molecule has 1 N–H and O–H groups in total. The molecule has 0 aromatic heterocycles. The lowest BCUT2D eigenvalue weighted by Gasteiger charge is -2.15. The first-order valence-corrected chi connectivity index (χ1v) is 7.45. The topological polar surface area (TPSA) is 44.7 Å². The first-order chi connectivity index (χ1) is 10.6. The van der Waals surface area contributed by atoms with Gasteiger partial charge in [0.2, 0.25) is 5.11 Å². The predicted molar refractivity (Wildman–Crippen MR) is 92.1 cm³/mol. The molecule has 1 aliphatic heterocycles. The average molecular weight is 330 g/mol. The van der Waals surface area contributed by atoms with E-state index in [1.165, 1.54) is 5.01 Å². The highest BCUT2D eigenvalue weighted by Crippen LogP contribution is 2.22. The number of amides is 1. The molecule has 6 heteroatoms. The Morgan fingerprint density at radius 2 is 1.82 bits per heavy atom. The standard InChI is InChI=1S/C16H12ClN3OS/c17-12-8-4-5-9-13(12)18-16(22)20-15(21)10-14(19-20)11-6-2-1-3-7-11/h1-9H,10H2,(H,18,22). The minimum absolute atomic E-state index is 0.164. The van der Waals surface area contributed by atoms with E-state index >= 15 is 0 Å². The molecule has 0 saturated heterocycles. The zero-order valence-electron chi connectivity index (χ0n) is 11.5. The van der Waals surface area contributed by atoms with Gasteiger partial charge in [0, 0.05) is 0 Å². The van der Waals surface area contributed by atoms with Crippen molar-refractivity contribution in [2.75, 3.05) is 5.32 Å². The normalized spacial score (nSPS) is 14.0. The minimum atomic E-state index is -0.164. The molecule has 0 spiro atoms. The summed E-state index contributed by atoms with van der Waals surface area (Å²) in [5.74, 6) is -0.164. The summed E-state index contributed by atoms with van der Waals surface area (Å²) in [4.78, 5) is 12.1. The average Bonchev–Trinajstić information content (AvgIpc) is 2.92. The third-order valence-electron chi connectivity index (χ3n) is 3.19. The van der Waals surface area contributed by atoms with Gasteiger partial charge in [-0.15, -0.1) is 0 Å². The summed E-state index contributed by atoms with van der Waals surface area (Å²) in [6, 6.07) is 16.8. The fourth-order valence-electron chi connectivity index (χ4n) is 2.11. The Morgan fingerprint density at radius 3 is 2.55 bits per heavy atom. The van der Waals surface area contributed by atoms with Crippen LogP contribution in [0, 0.1) is 0 Å². The number of para-hydroxylation sites is 1. The first kappa shape index (κ1) is 14.7. The number of thiocarbonyl (C=S) groups is 1. The fourth-order valence-corrected chi connectivity index (χ4v) is 2.55. The lowest BCUT2D eigenvalue weighted by Crippen LogP contribution is -2.32. The summed E-state index contributed by atoms with van der Waals surface area (Å²) in [5, 5.41) is 9.22. The summed E-state index contributed by atoms with van der Waals surface area (Å²) in [6.45, 7) is 0. The van der Waals surface area contributed by atoms with Gasteiger partial charge in [0.15, 0.2) is 0 Å². The number of hydrogen-bond acceptors (Lipinski definition) is 3. The molecule has 0 unspecified atom stereocenters. The van der Waals surface area contributed by atoms with Crippen LogP contribution in [-0.4, -0.2) is 21.7 Å². The third-order valence-corrected chi connectivity index (χ3v) is 3.80. The molecule has 0 atom stereocenters. The highest BCUT2D eigenvalue weighted by atomic mass is 35.5.